The summed E-state index contributed by atoms with van der Waals surface area (Å²) in [5, 5.41) is 3.05. The number of nitrogens with one attached hydrogen (secondary N) is 1. The Balaban J connectivity index is 1.69. The van der Waals surface area contributed by atoms with E-state index in [0.29, 0.717) is 49.5 Å². The van der Waals surface area contributed by atoms with Crippen LogP contribution in [0.3, 0.4) is 0 Å². The number of nitrogens with zero attached hydrogens (tertiary/aromatic N) is 2. The number of hydrogen-bond acceptors (Lipinski definition) is 3. The van der Waals surface area contributed by atoms with E-state index in [1.807, 2.05) is 13.8 Å². The number of carbonyl (C=O) groups is 2. The summed E-state index contributed by atoms with van der Waals surface area (Å²) in [7, 11) is 0. The molecule has 1 aliphatic rings. The molecule has 150 valence electrons. The van der Waals surface area contributed by atoms with Gasteiger partial charge in [-0.25, -0.2) is 9.18 Å². The third-order valence-corrected chi connectivity index (χ3v) is 5.13. The molecule has 3 rings (SSSR count). The lowest BCUT2D eigenvalue weighted by molar-refractivity contribution is 0.0859. The second kappa shape index (κ2) is 8.46. The van der Waals surface area contributed by atoms with Crippen molar-refractivity contribution in [3.8, 4) is 5.69 Å². The number of aromatic nitrogens is 1. The number of aryl methyl sites for hydroxylation is 1. The van der Waals surface area contributed by atoms with Gasteiger partial charge in [0.1, 0.15) is 5.82 Å². The first kappa shape index (κ1) is 19.9. The maximum absolute atomic E-state index is 14.2. The highest BCUT2D eigenvalue weighted by Crippen LogP contribution is 2.23. The molecule has 1 fully saturated rings. The topological polar surface area (TPSA) is 63.6 Å². The molecular formula is C21H26FN3O3. The van der Waals surface area contributed by atoms with Crippen molar-refractivity contribution in [1.82, 2.24) is 14.8 Å². The molecule has 1 aromatic heterocycles. The minimum absolute atomic E-state index is 0.00491. The Morgan fingerprint density at radius 3 is 2.54 bits per heavy atom. The molecule has 7 heteroatoms. The number of rotatable bonds is 4. The summed E-state index contributed by atoms with van der Waals surface area (Å²) in [6.45, 7) is 6.91. The predicted octanol–water partition coefficient (Wildman–Crippen LogP) is 3.58. The molecule has 1 saturated heterocycles. The summed E-state index contributed by atoms with van der Waals surface area (Å²) in [6, 6.07) is 8.30. The summed E-state index contributed by atoms with van der Waals surface area (Å²) in [6.07, 6.45) is 1.05. The number of para-hydroxylation sites is 1. The van der Waals surface area contributed by atoms with Crippen LogP contribution < -0.4 is 5.32 Å². The first-order valence-electron chi connectivity index (χ1n) is 9.58. The summed E-state index contributed by atoms with van der Waals surface area (Å²) < 4.78 is 21.0. The molecule has 2 amide bonds. The van der Waals surface area contributed by atoms with E-state index in [1.165, 1.54) is 6.07 Å². The van der Waals surface area contributed by atoms with E-state index in [2.05, 4.69) is 5.32 Å². The van der Waals surface area contributed by atoms with Crippen LogP contribution in [0.1, 0.15) is 41.5 Å². The number of amides is 2. The molecule has 0 radical (unpaired) electrons. The van der Waals surface area contributed by atoms with Gasteiger partial charge < -0.3 is 19.5 Å². The molecule has 0 saturated carbocycles. The van der Waals surface area contributed by atoms with Gasteiger partial charge >= 0.3 is 6.09 Å². The molecule has 0 bridgehead atoms. The fourth-order valence-corrected chi connectivity index (χ4v) is 3.68. The molecule has 0 atom stereocenters. The lowest BCUT2D eigenvalue weighted by Gasteiger charge is -2.31. The zero-order valence-corrected chi connectivity index (χ0v) is 16.5. The third kappa shape index (κ3) is 4.03. The molecule has 1 aliphatic heterocycles. The smallest absolute Gasteiger partial charge is 0.409 e. The van der Waals surface area contributed by atoms with Crippen LogP contribution in [0.25, 0.3) is 5.69 Å². The van der Waals surface area contributed by atoms with Crippen molar-refractivity contribution in [2.45, 2.75) is 39.7 Å². The van der Waals surface area contributed by atoms with E-state index in [-0.39, 0.29) is 23.9 Å². The lowest BCUT2D eigenvalue weighted by Crippen LogP contribution is -2.46. The fraction of sp³-hybridized carbons (Fsp3) is 0.429. The van der Waals surface area contributed by atoms with E-state index < -0.39 is 0 Å². The molecule has 0 unspecified atom stereocenters. The molecule has 2 aromatic rings. The van der Waals surface area contributed by atoms with Gasteiger partial charge in [-0.15, -0.1) is 0 Å². The summed E-state index contributed by atoms with van der Waals surface area (Å²) in [5.74, 6) is -0.507. The van der Waals surface area contributed by atoms with Crippen LogP contribution in [0.2, 0.25) is 0 Å². The molecular weight excluding hydrogens is 361 g/mol. The molecule has 2 heterocycles. The Bertz CT molecular complexity index is 870. The minimum atomic E-state index is -0.331. The summed E-state index contributed by atoms with van der Waals surface area (Å²) in [4.78, 5) is 26.3. The van der Waals surface area contributed by atoms with Crippen LogP contribution in [0.4, 0.5) is 9.18 Å². The van der Waals surface area contributed by atoms with Gasteiger partial charge in [0.25, 0.3) is 5.91 Å². The van der Waals surface area contributed by atoms with Crippen LogP contribution in [-0.2, 0) is 4.74 Å². The second-order valence-electron chi connectivity index (χ2n) is 7.01. The number of likely N-dealkylation sites (tertiary alicyclic amines) is 1. The number of halogens is 1. The van der Waals surface area contributed by atoms with E-state index in [0.717, 1.165) is 5.69 Å². The highest BCUT2D eigenvalue weighted by molar-refractivity contribution is 5.96. The fourth-order valence-electron chi connectivity index (χ4n) is 3.68. The van der Waals surface area contributed by atoms with Gasteiger partial charge in [0, 0.05) is 30.5 Å². The quantitative estimate of drug-likeness (QED) is 0.872. The lowest BCUT2D eigenvalue weighted by atomic mass is 10.0. The Morgan fingerprint density at radius 2 is 1.89 bits per heavy atom. The van der Waals surface area contributed by atoms with E-state index in [9.17, 15) is 14.0 Å². The van der Waals surface area contributed by atoms with E-state index in [4.69, 9.17) is 4.74 Å². The van der Waals surface area contributed by atoms with Crippen molar-refractivity contribution in [2.24, 2.45) is 0 Å². The average Bonchev–Trinajstić information content (AvgIpc) is 2.97. The highest BCUT2D eigenvalue weighted by Gasteiger charge is 2.26. The van der Waals surface area contributed by atoms with Crippen LogP contribution in [0.5, 0.6) is 0 Å². The van der Waals surface area contributed by atoms with Crippen LogP contribution in [0.15, 0.2) is 30.3 Å². The van der Waals surface area contributed by atoms with Crippen molar-refractivity contribution in [1.29, 1.82) is 0 Å². The predicted molar refractivity (Wildman–Crippen MR) is 104 cm³/mol. The van der Waals surface area contributed by atoms with E-state index >= 15 is 0 Å². The number of benzene rings is 1. The van der Waals surface area contributed by atoms with Crippen molar-refractivity contribution in [2.75, 3.05) is 19.7 Å². The van der Waals surface area contributed by atoms with Gasteiger partial charge in [-0.3, -0.25) is 4.79 Å². The van der Waals surface area contributed by atoms with Crippen molar-refractivity contribution in [3.63, 3.8) is 0 Å². The highest BCUT2D eigenvalue weighted by atomic mass is 19.1. The van der Waals surface area contributed by atoms with Crippen molar-refractivity contribution < 1.29 is 18.7 Å². The van der Waals surface area contributed by atoms with Gasteiger partial charge in [-0.05, 0) is 51.8 Å². The SMILES string of the molecule is CCOC(=O)N1CCC(NC(=O)c2cc(C)n(-c3ccccc3F)c2C)CC1. The molecule has 6 nitrogen and oxygen atoms in total. The van der Waals surface area contributed by atoms with Crippen LogP contribution in [0, 0.1) is 19.7 Å². The molecule has 1 N–H and O–H groups in total. The minimum Gasteiger partial charge on any atom is -0.450 e. The molecule has 0 spiro atoms. The first-order valence-corrected chi connectivity index (χ1v) is 9.58. The summed E-state index contributed by atoms with van der Waals surface area (Å²) >= 11 is 0. The normalized spacial score (nSPS) is 14.8. The standard InChI is InChI=1S/C21H26FN3O3/c1-4-28-21(27)24-11-9-16(10-12-24)23-20(26)17-13-14(2)25(15(17)3)19-8-6-5-7-18(19)22/h5-8,13,16H,4,9-12H2,1-3H3,(H,23,26). The summed E-state index contributed by atoms with van der Waals surface area (Å²) in [5.41, 5.74) is 2.46. The Morgan fingerprint density at radius 1 is 1.21 bits per heavy atom. The monoisotopic (exact) mass is 387 g/mol. The second-order valence-corrected chi connectivity index (χ2v) is 7.01. The van der Waals surface area contributed by atoms with Crippen LogP contribution in [-0.4, -0.2) is 47.2 Å². The first-order chi connectivity index (χ1) is 13.4. The number of ether oxygens (including phenoxy) is 1. The zero-order valence-electron chi connectivity index (χ0n) is 16.5. The van der Waals surface area contributed by atoms with Crippen LogP contribution >= 0.6 is 0 Å². The average molecular weight is 387 g/mol. The molecule has 1 aromatic carbocycles. The molecule has 28 heavy (non-hydrogen) atoms. The van der Waals surface area contributed by atoms with Crippen molar-refractivity contribution in [3.05, 3.63) is 53.1 Å². The number of piperidine rings is 1. The largest absolute Gasteiger partial charge is 0.450 e. The van der Waals surface area contributed by atoms with Gasteiger partial charge in [0.05, 0.1) is 17.9 Å². The van der Waals surface area contributed by atoms with Gasteiger partial charge in [0.15, 0.2) is 0 Å². The van der Waals surface area contributed by atoms with Gasteiger partial charge in [-0.1, -0.05) is 12.1 Å². The maximum Gasteiger partial charge on any atom is 0.409 e. The maximum atomic E-state index is 14.2. The Kier molecular flexibility index (Phi) is 6.02. The Labute approximate surface area is 164 Å². The van der Waals surface area contributed by atoms with Gasteiger partial charge in [-0.2, -0.15) is 0 Å². The molecule has 0 aliphatic carbocycles. The van der Waals surface area contributed by atoms with Crippen molar-refractivity contribution >= 4 is 12.0 Å². The number of hydrogen-bond donors (Lipinski definition) is 1. The zero-order chi connectivity index (χ0) is 20.3. The number of carbonyl (C=O) groups excluding carboxylic acids is 2. The third-order valence-electron chi connectivity index (χ3n) is 5.13. The van der Waals surface area contributed by atoms with Gasteiger partial charge in [0.2, 0.25) is 0 Å². The Hall–Kier alpha value is -2.83. The van der Waals surface area contributed by atoms with E-state index in [1.54, 1.807) is 40.7 Å².